The highest BCUT2D eigenvalue weighted by Crippen LogP contribution is 2.46. The summed E-state index contributed by atoms with van der Waals surface area (Å²) in [6.07, 6.45) is -1.98. The SMILES string of the molecule is CS.OCC1OC(c2ccc(-c3ccc(C4C(CCCC(O)c5ccc(F)cc5)CCN4c4ccccc4)c(O)c3)cc2)C(O)C(O)C1O. The molecule has 262 valence electrons. The van der Waals surface area contributed by atoms with E-state index in [-0.39, 0.29) is 23.5 Å². The topological polar surface area (TPSA) is 134 Å². The number of nitrogens with zero attached hydrogens (tertiary/aromatic N) is 1. The average Bonchev–Trinajstić information content (AvgIpc) is 3.55. The number of aliphatic hydroxyl groups excluding tert-OH is 5. The maximum atomic E-state index is 13.3. The zero-order valence-corrected chi connectivity index (χ0v) is 28.4. The number of aliphatic hydroxyl groups is 5. The lowest BCUT2D eigenvalue weighted by molar-refractivity contribution is -0.231. The second kappa shape index (κ2) is 17.0. The van der Waals surface area contributed by atoms with Gasteiger partial charge in [-0.1, -0.05) is 73.2 Å². The van der Waals surface area contributed by atoms with Crippen LogP contribution in [0.1, 0.15) is 60.6 Å². The van der Waals surface area contributed by atoms with Crippen LogP contribution in [0.3, 0.4) is 0 Å². The van der Waals surface area contributed by atoms with Crippen molar-refractivity contribution >= 4 is 18.3 Å². The monoisotopic (exact) mass is 691 g/mol. The summed E-state index contributed by atoms with van der Waals surface area (Å²) in [5, 5.41) is 62.5. The van der Waals surface area contributed by atoms with Gasteiger partial charge < -0.3 is 40.3 Å². The number of hydrogen-bond donors (Lipinski definition) is 7. The number of halogens is 1. The fourth-order valence-corrected chi connectivity index (χ4v) is 7.13. The first kappa shape index (κ1) is 36.8. The molecule has 0 aliphatic carbocycles. The van der Waals surface area contributed by atoms with E-state index in [0.717, 1.165) is 48.2 Å². The van der Waals surface area contributed by atoms with Gasteiger partial charge in [-0.05, 0) is 84.0 Å². The van der Waals surface area contributed by atoms with E-state index in [2.05, 4.69) is 29.7 Å². The van der Waals surface area contributed by atoms with Gasteiger partial charge in [-0.25, -0.2) is 4.39 Å². The zero-order valence-electron chi connectivity index (χ0n) is 27.5. The number of rotatable bonds is 10. The fraction of sp³-hybridized carbons (Fsp3) is 0.385. The molecule has 0 amide bonds. The van der Waals surface area contributed by atoms with Crippen molar-refractivity contribution in [1.82, 2.24) is 0 Å². The maximum Gasteiger partial charge on any atom is 0.123 e. The lowest BCUT2D eigenvalue weighted by Gasteiger charge is -2.40. The van der Waals surface area contributed by atoms with Gasteiger partial charge >= 0.3 is 0 Å². The molecule has 2 fully saturated rings. The molecule has 0 spiro atoms. The Morgan fingerprint density at radius 3 is 2.18 bits per heavy atom. The maximum absolute atomic E-state index is 13.3. The third-order valence-corrected chi connectivity index (χ3v) is 9.73. The number of para-hydroxylation sites is 1. The molecule has 4 aromatic carbocycles. The molecule has 49 heavy (non-hydrogen) atoms. The second-order valence-corrected chi connectivity index (χ2v) is 12.7. The van der Waals surface area contributed by atoms with Crippen molar-refractivity contribution in [2.75, 3.05) is 24.3 Å². The standard InChI is InChI=1S/C38H42FNO7.CH4S/c39-28-16-13-24(14-17-28)31(42)8-4-5-25-19-20-40(29-6-2-1-3-7-29)34(25)30-18-15-27(21-32(30)43)23-9-11-26(12-10-23)38-37(46)36(45)35(44)33(22-41)47-38;1-2/h1-3,6-7,9-18,21,25,31,33-38,41-46H,4-5,8,19-20,22H2;2H,1H3. The summed E-state index contributed by atoms with van der Waals surface area (Å²) in [5.74, 6) is 0.0987. The van der Waals surface area contributed by atoms with Gasteiger partial charge in [0.15, 0.2) is 0 Å². The van der Waals surface area contributed by atoms with Crippen LogP contribution >= 0.6 is 12.6 Å². The minimum Gasteiger partial charge on any atom is -0.508 e. The molecular weight excluding hydrogens is 645 g/mol. The van der Waals surface area contributed by atoms with Crippen molar-refractivity contribution in [1.29, 1.82) is 0 Å². The lowest BCUT2D eigenvalue weighted by Crippen LogP contribution is -2.55. The van der Waals surface area contributed by atoms with Crippen molar-refractivity contribution in [3.63, 3.8) is 0 Å². The number of ether oxygens (including phenoxy) is 1. The highest BCUT2D eigenvalue weighted by Gasteiger charge is 2.44. The molecule has 8 nitrogen and oxygen atoms in total. The van der Waals surface area contributed by atoms with Crippen LogP contribution in [0.5, 0.6) is 5.75 Å². The van der Waals surface area contributed by atoms with Crippen LogP contribution in [-0.2, 0) is 4.74 Å². The molecule has 8 atom stereocenters. The summed E-state index contributed by atoms with van der Waals surface area (Å²) in [4.78, 5) is 2.34. The van der Waals surface area contributed by atoms with Gasteiger partial charge in [-0.3, -0.25) is 0 Å². The van der Waals surface area contributed by atoms with Crippen LogP contribution in [0, 0.1) is 11.7 Å². The Hall–Kier alpha value is -3.48. The Labute approximate surface area is 292 Å². The average molecular weight is 692 g/mol. The summed E-state index contributed by atoms with van der Waals surface area (Å²) in [6, 6.07) is 29.0. The Bertz CT molecular complexity index is 1610. The van der Waals surface area contributed by atoms with E-state index in [9.17, 15) is 35.0 Å². The highest BCUT2D eigenvalue weighted by molar-refractivity contribution is 7.79. The van der Waals surface area contributed by atoms with Crippen LogP contribution in [0.25, 0.3) is 11.1 Å². The van der Waals surface area contributed by atoms with Crippen LogP contribution in [0.4, 0.5) is 10.1 Å². The molecule has 2 aliphatic heterocycles. The molecule has 6 N–H and O–H groups in total. The Morgan fingerprint density at radius 2 is 1.53 bits per heavy atom. The molecule has 8 unspecified atom stereocenters. The molecule has 2 saturated heterocycles. The molecule has 0 saturated carbocycles. The quantitative estimate of drug-likeness (QED) is 0.105. The number of phenolic OH excluding ortho intramolecular Hbond substituents is 1. The van der Waals surface area contributed by atoms with Crippen molar-refractivity contribution in [3.8, 4) is 16.9 Å². The third kappa shape index (κ3) is 8.29. The number of benzene rings is 4. The first-order chi connectivity index (χ1) is 23.7. The molecule has 10 heteroatoms. The Morgan fingerprint density at radius 1 is 0.857 bits per heavy atom. The predicted octanol–water partition coefficient (Wildman–Crippen LogP) is 5.73. The minimum atomic E-state index is -1.45. The second-order valence-electron chi connectivity index (χ2n) is 12.7. The van der Waals surface area contributed by atoms with E-state index in [0.29, 0.717) is 17.5 Å². The summed E-state index contributed by atoms with van der Waals surface area (Å²) >= 11 is 3.53. The van der Waals surface area contributed by atoms with Gasteiger partial charge in [-0.2, -0.15) is 12.6 Å². The molecule has 0 bridgehead atoms. The van der Waals surface area contributed by atoms with E-state index in [1.807, 2.05) is 42.5 Å². The van der Waals surface area contributed by atoms with Crippen molar-refractivity contribution in [3.05, 3.63) is 120 Å². The molecule has 6 rings (SSSR count). The first-order valence-electron chi connectivity index (χ1n) is 16.7. The van der Waals surface area contributed by atoms with Gasteiger partial charge in [0, 0.05) is 17.8 Å². The highest BCUT2D eigenvalue weighted by atomic mass is 32.1. The predicted molar refractivity (Wildman–Crippen MR) is 191 cm³/mol. The van der Waals surface area contributed by atoms with E-state index in [4.69, 9.17) is 4.74 Å². The number of thiol groups is 1. The van der Waals surface area contributed by atoms with Gasteiger partial charge in [0.05, 0.1) is 18.8 Å². The number of hydrogen-bond acceptors (Lipinski definition) is 9. The van der Waals surface area contributed by atoms with Crippen LogP contribution in [0.2, 0.25) is 0 Å². The van der Waals surface area contributed by atoms with Crippen molar-refractivity contribution < 1.29 is 39.8 Å². The molecule has 2 aliphatic rings. The minimum absolute atomic E-state index is 0.0667. The molecule has 0 aromatic heterocycles. The van der Waals surface area contributed by atoms with Crippen molar-refractivity contribution in [2.45, 2.75) is 68.3 Å². The van der Waals surface area contributed by atoms with E-state index in [1.165, 1.54) is 12.1 Å². The number of phenols is 1. The van der Waals surface area contributed by atoms with Crippen LogP contribution in [0.15, 0.2) is 97.1 Å². The molecule has 0 radical (unpaired) electrons. The molecule has 2 heterocycles. The number of aromatic hydroxyl groups is 1. The summed E-state index contributed by atoms with van der Waals surface area (Å²) < 4.78 is 19.0. The molecular formula is C39H46FNO7S. The largest absolute Gasteiger partial charge is 0.508 e. The summed E-state index contributed by atoms with van der Waals surface area (Å²) in [5.41, 5.74) is 4.83. The van der Waals surface area contributed by atoms with E-state index in [1.54, 1.807) is 36.6 Å². The normalized spacial score (nSPS) is 25.8. The van der Waals surface area contributed by atoms with Crippen LogP contribution < -0.4 is 4.90 Å². The van der Waals surface area contributed by atoms with Gasteiger partial charge in [0.25, 0.3) is 0 Å². The van der Waals surface area contributed by atoms with Gasteiger partial charge in [0.2, 0.25) is 0 Å². The number of anilines is 1. The van der Waals surface area contributed by atoms with Crippen molar-refractivity contribution in [2.24, 2.45) is 5.92 Å². The van der Waals surface area contributed by atoms with Crippen LogP contribution in [-0.4, -0.2) is 74.5 Å². The van der Waals surface area contributed by atoms with E-state index < -0.39 is 43.2 Å². The lowest BCUT2D eigenvalue weighted by atomic mass is 9.87. The van der Waals surface area contributed by atoms with Gasteiger partial charge in [0.1, 0.15) is 42.1 Å². The summed E-state index contributed by atoms with van der Waals surface area (Å²) in [6.45, 7) is 0.340. The smallest absolute Gasteiger partial charge is 0.123 e. The van der Waals surface area contributed by atoms with Gasteiger partial charge in [-0.15, -0.1) is 0 Å². The summed E-state index contributed by atoms with van der Waals surface area (Å²) in [7, 11) is 0. The van der Waals surface area contributed by atoms with E-state index >= 15 is 0 Å². The molecule has 4 aromatic rings. The Kier molecular flexibility index (Phi) is 12.7. The zero-order chi connectivity index (χ0) is 35.1. The third-order valence-electron chi connectivity index (χ3n) is 9.73. The fourth-order valence-electron chi connectivity index (χ4n) is 7.13. The first-order valence-corrected chi connectivity index (χ1v) is 17.6. The Balaban J connectivity index is 0.00000230.